The highest BCUT2D eigenvalue weighted by atomic mass is 16.2. The maximum atomic E-state index is 11.7. The van der Waals surface area contributed by atoms with Gasteiger partial charge in [-0.1, -0.05) is 56.0 Å². The van der Waals surface area contributed by atoms with Crippen molar-refractivity contribution >= 4 is 17.7 Å². The van der Waals surface area contributed by atoms with Gasteiger partial charge in [-0.3, -0.25) is 4.79 Å². The maximum absolute atomic E-state index is 11.7. The van der Waals surface area contributed by atoms with E-state index in [0.717, 1.165) is 49.2 Å². The largest absolute Gasteiger partial charge is 0.367 e. The maximum Gasteiger partial charge on any atom is 0.227 e. The van der Waals surface area contributed by atoms with E-state index in [4.69, 9.17) is 9.97 Å². The monoisotopic (exact) mass is 393 g/mol. The molecule has 0 unspecified atom stereocenters. The average molecular weight is 394 g/mol. The molecule has 1 aliphatic heterocycles. The van der Waals surface area contributed by atoms with Gasteiger partial charge in [0.05, 0.1) is 5.69 Å². The van der Waals surface area contributed by atoms with Crippen LogP contribution in [0.25, 0.3) is 11.3 Å². The van der Waals surface area contributed by atoms with Crippen LogP contribution in [0.4, 0.5) is 11.8 Å². The van der Waals surface area contributed by atoms with Crippen LogP contribution < -0.4 is 10.2 Å². The van der Waals surface area contributed by atoms with Crippen molar-refractivity contribution < 1.29 is 4.79 Å². The second kappa shape index (κ2) is 9.25. The Balaban J connectivity index is 1.59. The lowest BCUT2D eigenvalue weighted by Gasteiger charge is -2.34. The molecule has 1 amide bonds. The fourth-order valence-electron chi connectivity index (χ4n) is 4.26. The minimum absolute atomic E-state index is 0.138. The Morgan fingerprint density at radius 1 is 0.966 bits per heavy atom. The van der Waals surface area contributed by atoms with E-state index in [1.165, 1.54) is 38.5 Å². The summed E-state index contributed by atoms with van der Waals surface area (Å²) in [6, 6.07) is 12.9. The van der Waals surface area contributed by atoms with Crippen LogP contribution >= 0.6 is 0 Å². The third-order valence-corrected chi connectivity index (χ3v) is 6.00. The highest BCUT2D eigenvalue weighted by Crippen LogP contribution is 2.26. The molecule has 2 fully saturated rings. The molecule has 1 aromatic heterocycles. The number of nitrogens with one attached hydrogen (secondary N) is 1. The van der Waals surface area contributed by atoms with Crippen molar-refractivity contribution in [3.05, 3.63) is 36.4 Å². The van der Waals surface area contributed by atoms with Gasteiger partial charge >= 0.3 is 0 Å². The van der Waals surface area contributed by atoms with Crippen LogP contribution in [0.2, 0.25) is 0 Å². The zero-order valence-electron chi connectivity index (χ0n) is 17.3. The summed E-state index contributed by atoms with van der Waals surface area (Å²) in [4.78, 5) is 25.5. The Labute approximate surface area is 173 Å². The first-order valence-corrected chi connectivity index (χ1v) is 10.9. The molecule has 4 rings (SSSR count). The van der Waals surface area contributed by atoms with E-state index in [-0.39, 0.29) is 5.91 Å². The van der Waals surface area contributed by atoms with Gasteiger partial charge in [-0.15, -0.1) is 0 Å². The average Bonchev–Trinajstić information content (AvgIpc) is 3.03. The fraction of sp³-hybridized carbons (Fsp3) is 0.522. The zero-order chi connectivity index (χ0) is 20.1. The number of rotatable bonds is 4. The van der Waals surface area contributed by atoms with Gasteiger partial charge in [-0.25, -0.2) is 4.98 Å². The molecule has 1 saturated heterocycles. The third-order valence-electron chi connectivity index (χ3n) is 6.00. The molecule has 0 atom stereocenters. The van der Waals surface area contributed by atoms with Gasteiger partial charge in [-0.2, -0.15) is 4.98 Å². The van der Waals surface area contributed by atoms with Gasteiger partial charge in [0, 0.05) is 50.8 Å². The standard InChI is InChI=1S/C23H31N5O/c1-18(29)27-13-15-28(16-14-27)23-25-21(19-9-5-4-6-10-19)17-22(26-23)24-20-11-7-2-3-8-12-20/h4-6,9-10,17,20H,2-3,7-8,11-16H2,1H3,(H,24,25,26). The van der Waals surface area contributed by atoms with E-state index in [1.807, 2.05) is 23.1 Å². The fourth-order valence-corrected chi connectivity index (χ4v) is 4.26. The van der Waals surface area contributed by atoms with Crippen molar-refractivity contribution in [1.29, 1.82) is 0 Å². The van der Waals surface area contributed by atoms with E-state index in [1.54, 1.807) is 6.92 Å². The van der Waals surface area contributed by atoms with Gasteiger partial charge in [0.2, 0.25) is 11.9 Å². The summed E-state index contributed by atoms with van der Waals surface area (Å²) in [5.74, 6) is 1.81. The van der Waals surface area contributed by atoms with Crippen molar-refractivity contribution in [2.45, 2.75) is 51.5 Å². The van der Waals surface area contributed by atoms with E-state index < -0.39 is 0 Å². The molecular formula is C23H31N5O. The Kier molecular flexibility index (Phi) is 6.27. The molecular weight excluding hydrogens is 362 g/mol. The number of hydrogen-bond acceptors (Lipinski definition) is 5. The summed E-state index contributed by atoms with van der Waals surface area (Å²) >= 11 is 0. The van der Waals surface area contributed by atoms with Crippen LogP contribution in [0, 0.1) is 0 Å². The second-order valence-electron chi connectivity index (χ2n) is 8.13. The Morgan fingerprint density at radius 2 is 1.66 bits per heavy atom. The van der Waals surface area contributed by atoms with Crippen LogP contribution in [0.3, 0.4) is 0 Å². The predicted octanol–water partition coefficient (Wildman–Crippen LogP) is 3.95. The highest BCUT2D eigenvalue weighted by Gasteiger charge is 2.22. The van der Waals surface area contributed by atoms with Crippen molar-refractivity contribution in [2.24, 2.45) is 0 Å². The number of carbonyl (C=O) groups is 1. The number of piperazine rings is 1. The molecule has 6 heteroatoms. The first-order valence-electron chi connectivity index (χ1n) is 10.9. The lowest BCUT2D eigenvalue weighted by atomic mass is 10.1. The van der Waals surface area contributed by atoms with Crippen molar-refractivity contribution in [3.8, 4) is 11.3 Å². The highest BCUT2D eigenvalue weighted by molar-refractivity contribution is 5.73. The van der Waals surface area contributed by atoms with Crippen LogP contribution in [0.5, 0.6) is 0 Å². The van der Waals surface area contributed by atoms with E-state index in [2.05, 4.69) is 28.4 Å². The molecule has 0 bridgehead atoms. The second-order valence-corrected chi connectivity index (χ2v) is 8.13. The minimum atomic E-state index is 0.138. The first-order chi connectivity index (χ1) is 14.2. The van der Waals surface area contributed by atoms with Gasteiger partial charge in [0.1, 0.15) is 5.82 Å². The summed E-state index contributed by atoms with van der Waals surface area (Å²) < 4.78 is 0. The molecule has 0 spiro atoms. The van der Waals surface area contributed by atoms with Gasteiger partial charge < -0.3 is 15.1 Å². The van der Waals surface area contributed by atoms with Crippen LogP contribution in [-0.2, 0) is 4.79 Å². The molecule has 1 aliphatic carbocycles. The Hall–Kier alpha value is -2.63. The van der Waals surface area contributed by atoms with Crippen molar-refractivity contribution in [3.63, 3.8) is 0 Å². The predicted molar refractivity (Wildman–Crippen MR) is 117 cm³/mol. The molecule has 1 saturated carbocycles. The smallest absolute Gasteiger partial charge is 0.227 e. The summed E-state index contributed by atoms with van der Waals surface area (Å²) in [7, 11) is 0. The molecule has 29 heavy (non-hydrogen) atoms. The zero-order valence-corrected chi connectivity index (χ0v) is 17.3. The number of anilines is 2. The SMILES string of the molecule is CC(=O)N1CCN(c2nc(NC3CCCCCC3)cc(-c3ccccc3)n2)CC1. The number of amides is 1. The molecule has 2 aliphatic rings. The molecule has 2 aromatic rings. The quantitative estimate of drug-likeness (QED) is 0.797. The molecule has 2 heterocycles. The van der Waals surface area contributed by atoms with Crippen molar-refractivity contribution in [2.75, 3.05) is 36.4 Å². The Morgan fingerprint density at radius 3 is 2.31 bits per heavy atom. The number of aromatic nitrogens is 2. The lowest BCUT2D eigenvalue weighted by Crippen LogP contribution is -2.48. The summed E-state index contributed by atoms with van der Waals surface area (Å²) in [6.45, 7) is 4.61. The normalized spacial score (nSPS) is 18.4. The molecule has 1 N–H and O–H groups in total. The van der Waals surface area contributed by atoms with Gasteiger partial charge in [0.15, 0.2) is 0 Å². The third kappa shape index (κ3) is 5.05. The molecule has 154 valence electrons. The number of nitrogens with zero attached hydrogens (tertiary/aromatic N) is 4. The van der Waals surface area contributed by atoms with E-state index >= 15 is 0 Å². The molecule has 1 aromatic carbocycles. The molecule has 6 nitrogen and oxygen atoms in total. The number of carbonyl (C=O) groups excluding carboxylic acids is 1. The van der Waals surface area contributed by atoms with Crippen molar-refractivity contribution in [1.82, 2.24) is 14.9 Å². The summed E-state index contributed by atoms with van der Waals surface area (Å²) in [6.07, 6.45) is 7.66. The Bertz CT molecular complexity index is 809. The number of benzene rings is 1. The van der Waals surface area contributed by atoms with Crippen LogP contribution in [0.15, 0.2) is 36.4 Å². The lowest BCUT2D eigenvalue weighted by molar-refractivity contribution is -0.129. The topological polar surface area (TPSA) is 61.4 Å². The van der Waals surface area contributed by atoms with Crippen LogP contribution in [0.1, 0.15) is 45.4 Å². The number of hydrogen-bond donors (Lipinski definition) is 1. The van der Waals surface area contributed by atoms with E-state index in [0.29, 0.717) is 6.04 Å². The van der Waals surface area contributed by atoms with Gasteiger partial charge in [-0.05, 0) is 12.8 Å². The minimum Gasteiger partial charge on any atom is -0.367 e. The summed E-state index contributed by atoms with van der Waals surface area (Å²) in [5.41, 5.74) is 2.04. The first kappa shape index (κ1) is 19.7. The van der Waals surface area contributed by atoms with E-state index in [9.17, 15) is 4.79 Å². The summed E-state index contributed by atoms with van der Waals surface area (Å²) in [5, 5.41) is 3.70. The molecule has 0 radical (unpaired) electrons. The van der Waals surface area contributed by atoms with Gasteiger partial charge in [0.25, 0.3) is 0 Å². The van der Waals surface area contributed by atoms with Crippen LogP contribution in [-0.4, -0.2) is 53.0 Å².